The van der Waals surface area contributed by atoms with Gasteiger partial charge in [-0.25, -0.2) is 4.79 Å². The molecule has 1 heterocycles. The fourth-order valence-electron chi connectivity index (χ4n) is 3.80. The number of hydrogen-bond donors (Lipinski definition) is 0. The number of allylic oxidation sites excluding steroid dienone is 1. The zero-order valence-electron chi connectivity index (χ0n) is 17.8. The monoisotopic (exact) mass is 368 g/mol. The van der Waals surface area contributed by atoms with Crippen molar-refractivity contribution in [3.63, 3.8) is 0 Å². The quantitative estimate of drug-likeness (QED) is 0.460. The summed E-state index contributed by atoms with van der Waals surface area (Å²) in [5, 5.41) is 1.14. The van der Waals surface area contributed by atoms with E-state index >= 15 is 0 Å². The van der Waals surface area contributed by atoms with Crippen LogP contribution in [0.2, 0.25) is 0 Å². The Bertz CT molecular complexity index is 898. The summed E-state index contributed by atoms with van der Waals surface area (Å²) >= 11 is 0. The van der Waals surface area contributed by atoms with E-state index in [9.17, 15) is 4.79 Å². The molecule has 0 radical (unpaired) electrons. The zero-order chi connectivity index (χ0) is 20.0. The van der Waals surface area contributed by atoms with Crippen molar-refractivity contribution in [2.45, 2.75) is 78.6 Å². The SMILES string of the molecule is CCOC(=O)/C=C1\CCCc2oc3c(C(C)(C)C)cc(C(C)(C)C)cc3c21. The second kappa shape index (κ2) is 6.85. The number of carbonyl (C=O) groups excluding carboxylic acids is 1. The molecule has 0 bridgehead atoms. The number of ether oxygens (including phenoxy) is 1. The van der Waals surface area contributed by atoms with Gasteiger partial charge in [0.25, 0.3) is 0 Å². The van der Waals surface area contributed by atoms with Gasteiger partial charge in [-0.05, 0) is 47.8 Å². The summed E-state index contributed by atoms with van der Waals surface area (Å²) < 4.78 is 11.6. The number of hydrogen-bond acceptors (Lipinski definition) is 3. The van der Waals surface area contributed by atoms with Crippen molar-refractivity contribution in [2.24, 2.45) is 0 Å². The molecular weight excluding hydrogens is 336 g/mol. The van der Waals surface area contributed by atoms with E-state index < -0.39 is 0 Å². The van der Waals surface area contributed by atoms with Crippen molar-refractivity contribution in [2.75, 3.05) is 6.61 Å². The molecule has 0 saturated heterocycles. The van der Waals surface area contributed by atoms with Gasteiger partial charge in [0.15, 0.2) is 0 Å². The van der Waals surface area contributed by atoms with E-state index in [0.29, 0.717) is 6.61 Å². The van der Waals surface area contributed by atoms with E-state index in [0.717, 1.165) is 47.1 Å². The molecule has 0 fully saturated rings. The minimum atomic E-state index is -0.266. The molecule has 0 aliphatic heterocycles. The summed E-state index contributed by atoms with van der Waals surface area (Å²) in [6.07, 6.45) is 4.45. The average molecular weight is 369 g/mol. The minimum absolute atomic E-state index is 0.0228. The van der Waals surface area contributed by atoms with Gasteiger partial charge in [0.2, 0.25) is 0 Å². The van der Waals surface area contributed by atoms with Crippen LogP contribution < -0.4 is 0 Å². The molecule has 0 saturated carbocycles. The summed E-state index contributed by atoms with van der Waals surface area (Å²) in [5.41, 5.74) is 5.67. The predicted octanol–water partition coefficient (Wildman–Crippen LogP) is 6.31. The highest BCUT2D eigenvalue weighted by molar-refractivity contribution is 6.00. The number of furan rings is 1. The molecule has 146 valence electrons. The third kappa shape index (κ3) is 3.83. The van der Waals surface area contributed by atoms with Crippen LogP contribution in [-0.2, 0) is 26.8 Å². The van der Waals surface area contributed by atoms with Gasteiger partial charge in [-0.1, -0.05) is 47.6 Å². The lowest BCUT2D eigenvalue weighted by molar-refractivity contribution is -0.137. The molecule has 2 aromatic rings. The minimum Gasteiger partial charge on any atom is -0.463 e. The Labute approximate surface area is 162 Å². The van der Waals surface area contributed by atoms with Crippen LogP contribution in [0, 0.1) is 0 Å². The van der Waals surface area contributed by atoms with E-state index in [1.54, 1.807) is 6.08 Å². The van der Waals surface area contributed by atoms with Gasteiger partial charge in [0, 0.05) is 29.0 Å². The number of carbonyl (C=O) groups is 1. The van der Waals surface area contributed by atoms with Gasteiger partial charge in [-0.3, -0.25) is 0 Å². The molecule has 27 heavy (non-hydrogen) atoms. The summed E-state index contributed by atoms with van der Waals surface area (Å²) in [4.78, 5) is 12.1. The normalized spacial score (nSPS) is 16.6. The molecule has 0 N–H and O–H groups in total. The van der Waals surface area contributed by atoms with Gasteiger partial charge < -0.3 is 9.15 Å². The van der Waals surface area contributed by atoms with Gasteiger partial charge in [0.05, 0.1) is 6.61 Å². The van der Waals surface area contributed by atoms with Gasteiger partial charge >= 0.3 is 5.97 Å². The van der Waals surface area contributed by atoms with E-state index in [1.165, 1.54) is 11.1 Å². The number of esters is 1. The van der Waals surface area contributed by atoms with Crippen molar-refractivity contribution >= 4 is 22.5 Å². The lowest BCUT2D eigenvalue weighted by atomic mass is 9.78. The summed E-state index contributed by atoms with van der Waals surface area (Å²) in [5.74, 6) is 0.737. The van der Waals surface area contributed by atoms with E-state index in [4.69, 9.17) is 9.15 Å². The fraction of sp³-hybridized carbons (Fsp3) is 0.542. The molecule has 1 aliphatic rings. The van der Waals surface area contributed by atoms with Crippen LogP contribution >= 0.6 is 0 Å². The van der Waals surface area contributed by atoms with Crippen LogP contribution in [0.5, 0.6) is 0 Å². The van der Waals surface area contributed by atoms with Crippen LogP contribution in [0.1, 0.15) is 83.8 Å². The number of benzene rings is 1. The van der Waals surface area contributed by atoms with Crippen molar-refractivity contribution in [3.05, 3.63) is 40.7 Å². The zero-order valence-corrected chi connectivity index (χ0v) is 17.8. The molecule has 3 heteroatoms. The molecule has 1 aromatic carbocycles. The first-order valence-electron chi connectivity index (χ1n) is 10.0. The number of aryl methyl sites for hydroxylation is 1. The van der Waals surface area contributed by atoms with Crippen LogP contribution in [0.15, 0.2) is 22.6 Å². The van der Waals surface area contributed by atoms with E-state index in [1.807, 2.05) is 6.92 Å². The van der Waals surface area contributed by atoms with E-state index in [-0.39, 0.29) is 16.8 Å². The van der Waals surface area contributed by atoms with Crippen molar-refractivity contribution in [1.82, 2.24) is 0 Å². The molecule has 1 aliphatic carbocycles. The second-order valence-electron chi connectivity index (χ2n) is 9.58. The Morgan fingerprint density at radius 1 is 1.11 bits per heavy atom. The fourth-order valence-corrected chi connectivity index (χ4v) is 3.80. The Balaban J connectivity index is 2.31. The first-order chi connectivity index (χ1) is 12.5. The maximum absolute atomic E-state index is 12.1. The summed E-state index contributed by atoms with van der Waals surface area (Å²) in [6.45, 7) is 15.6. The topological polar surface area (TPSA) is 39.4 Å². The summed E-state index contributed by atoms with van der Waals surface area (Å²) in [7, 11) is 0. The molecule has 0 unspecified atom stereocenters. The van der Waals surface area contributed by atoms with Crippen LogP contribution in [0.3, 0.4) is 0 Å². The molecule has 0 atom stereocenters. The molecule has 0 amide bonds. The van der Waals surface area contributed by atoms with Crippen LogP contribution in [-0.4, -0.2) is 12.6 Å². The van der Waals surface area contributed by atoms with Crippen molar-refractivity contribution < 1.29 is 13.9 Å². The average Bonchev–Trinajstić information content (AvgIpc) is 2.91. The maximum Gasteiger partial charge on any atom is 0.331 e. The molecule has 1 aromatic heterocycles. The van der Waals surface area contributed by atoms with Gasteiger partial charge in [0.1, 0.15) is 11.3 Å². The highest BCUT2D eigenvalue weighted by Gasteiger charge is 2.29. The number of fused-ring (bicyclic) bond motifs is 3. The highest BCUT2D eigenvalue weighted by Crippen LogP contribution is 2.44. The Morgan fingerprint density at radius 2 is 1.81 bits per heavy atom. The van der Waals surface area contributed by atoms with Crippen LogP contribution in [0.25, 0.3) is 16.5 Å². The molecule has 0 spiro atoms. The second-order valence-corrected chi connectivity index (χ2v) is 9.58. The Kier molecular flexibility index (Phi) is 5.00. The lowest BCUT2D eigenvalue weighted by Crippen LogP contribution is -2.16. The highest BCUT2D eigenvalue weighted by atomic mass is 16.5. The van der Waals surface area contributed by atoms with Gasteiger partial charge in [-0.2, -0.15) is 0 Å². The first-order valence-corrected chi connectivity index (χ1v) is 10.0. The van der Waals surface area contributed by atoms with Gasteiger partial charge in [-0.15, -0.1) is 0 Å². The standard InChI is InChI=1S/C24H32O3/c1-8-26-20(25)12-15-10-9-11-19-21(15)17-13-16(23(2,3)4)14-18(22(17)27-19)24(5,6)7/h12-14H,8-11H2,1-7H3/b15-12+. The van der Waals surface area contributed by atoms with Crippen molar-refractivity contribution in [3.8, 4) is 0 Å². The predicted molar refractivity (Wildman–Crippen MR) is 111 cm³/mol. The summed E-state index contributed by atoms with van der Waals surface area (Å²) in [6, 6.07) is 4.56. The smallest absolute Gasteiger partial charge is 0.331 e. The third-order valence-corrected chi connectivity index (χ3v) is 5.29. The Hall–Kier alpha value is -2.03. The van der Waals surface area contributed by atoms with Crippen molar-refractivity contribution in [1.29, 1.82) is 0 Å². The molecule has 3 nitrogen and oxygen atoms in total. The first kappa shape index (κ1) is 19.7. The third-order valence-electron chi connectivity index (χ3n) is 5.29. The number of rotatable bonds is 2. The van der Waals surface area contributed by atoms with E-state index in [2.05, 4.69) is 53.7 Å². The maximum atomic E-state index is 12.1. The molecular formula is C24H32O3. The lowest BCUT2D eigenvalue weighted by Gasteiger charge is -2.25. The Morgan fingerprint density at radius 3 is 2.41 bits per heavy atom. The van der Waals surface area contributed by atoms with Crippen LogP contribution in [0.4, 0.5) is 0 Å². The molecule has 3 rings (SSSR count). The largest absolute Gasteiger partial charge is 0.463 e.